The molecule has 1 N–H and O–H groups in total. The highest BCUT2D eigenvalue weighted by atomic mass is 19.3. The largest absolute Gasteiger partial charge is 0.378 e. The van der Waals surface area contributed by atoms with Crippen LogP contribution in [0.25, 0.3) is 16.9 Å². The number of para-hydroxylation sites is 2. The van der Waals surface area contributed by atoms with Crippen molar-refractivity contribution in [3.8, 4) is 5.82 Å². The van der Waals surface area contributed by atoms with Crippen LogP contribution in [0.2, 0.25) is 0 Å². The van der Waals surface area contributed by atoms with Gasteiger partial charge >= 0.3 is 0 Å². The minimum absolute atomic E-state index is 0.164. The van der Waals surface area contributed by atoms with E-state index in [1.165, 1.54) is 18.4 Å². The van der Waals surface area contributed by atoms with Gasteiger partial charge in [-0.25, -0.2) is 22.5 Å². The van der Waals surface area contributed by atoms with Gasteiger partial charge in [-0.3, -0.25) is 9.47 Å². The Morgan fingerprint density at radius 1 is 0.927 bits per heavy atom. The molecule has 2 atom stereocenters. The minimum Gasteiger partial charge on any atom is -0.378 e. The maximum atomic E-state index is 14.1. The van der Waals surface area contributed by atoms with Crippen LogP contribution in [0.5, 0.6) is 0 Å². The summed E-state index contributed by atoms with van der Waals surface area (Å²) in [6.07, 6.45) is -1.24. The smallest absolute Gasteiger partial charge is 0.296 e. The molecule has 3 heterocycles. The highest BCUT2D eigenvalue weighted by Crippen LogP contribution is 2.31. The van der Waals surface area contributed by atoms with Crippen molar-refractivity contribution in [2.75, 3.05) is 56.2 Å². The van der Waals surface area contributed by atoms with Crippen molar-refractivity contribution in [1.82, 2.24) is 24.4 Å². The summed E-state index contributed by atoms with van der Waals surface area (Å²) in [6, 6.07) is 8.92. The number of aromatic nitrogens is 4. The van der Waals surface area contributed by atoms with Gasteiger partial charge in [0.2, 0.25) is 5.95 Å². The number of imidazole rings is 1. The fourth-order valence-electron chi connectivity index (χ4n) is 5.97. The first-order valence-corrected chi connectivity index (χ1v) is 14.5. The van der Waals surface area contributed by atoms with Gasteiger partial charge in [-0.15, -0.1) is 0 Å². The predicted octanol–water partition coefficient (Wildman–Crippen LogP) is 5.58. The number of halogens is 4. The third-order valence-corrected chi connectivity index (χ3v) is 7.90. The van der Waals surface area contributed by atoms with Crippen molar-refractivity contribution in [3.63, 3.8) is 0 Å². The van der Waals surface area contributed by atoms with Gasteiger partial charge < -0.3 is 15.0 Å². The highest BCUT2D eigenvalue weighted by molar-refractivity contribution is 5.78. The number of alkyl halides is 4. The summed E-state index contributed by atoms with van der Waals surface area (Å²) >= 11 is 0. The molecule has 2 unspecified atom stereocenters. The molecule has 2 fully saturated rings. The monoisotopic (exact) mass is 577 g/mol. The van der Waals surface area contributed by atoms with Gasteiger partial charge in [0, 0.05) is 44.8 Å². The summed E-state index contributed by atoms with van der Waals surface area (Å²) in [5.41, 5.74) is 1.02. The van der Waals surface area contributed by atoms with Crippen LogP contribution < -0.4 is 10.2 Å². The van der Waals surface area contributed by atoms with E-state index in [0.717, 1.165) is 25.7 Å². The van der Waals surface area contributed by atoms with E-state index in [1.54, 1.807) is 30.3 Å². The zero-order chi connectivity index (χ0) is 28.9. The van der Waals surface area contributed by atoms with Gasteiger partial charge in [-0.1, -0.05) is 12.1 Å². The molecular weight excluding hydrogens is 538 g/mol. The predicted molar refractivity (Wildman–Crippen MR) is 152 cm³/mol. The Kier molecular flexibility index (Phi) is 9.59. The topological polar surface area (TPSA) is 71.3 Å². The molecule has 2 aliphatic rings. The van der Waals surface area contributed by atoms with Gasteiger partial charge in [0.15, 0.2) is 5.82 Å². The van der Waals surface area contributed by atoms with Gasteiger partial charge in [0.25, 0.3) is 6.43 Å². The Labute approximate surface area is 238 Å². The fourth-order valence-corrected chi connectivity index (χ4v) is 5.97. The van der Waals surface area contributed by atoms with Gasteiger partial charge in [0.05, 0.1) is 24.2 Å². The molecule has 0 spiro atoms. The van der Waals surface area contributed by atoms with Crippen molar-refractivity contribution < 1.29 is 22.3 Å². The average molecular weight is 578 g/mol. The van der Waals surface area contributed by atoms with Crippen LogP contribution in [0.1, 0.15) is 51.8 Å². The second-order valence-corrected chi connectivity index (χ2v) is 11.2. The second kappa shape index (κ2) is 13.3. The van der Waals surface area contributed by atoms with E-state index < -0.39 is 18.8 Å². The third kappa shape index (κ3) is 7.27. The Morgan fingerprint density at radius 3 is 2.24 bits per heavy atom. The summed E-state index contributed by atoms with van der Waals surface area (Å²) in [7, 11) is 0. The summed E-state index contributed by atoms with van der Waals surface area (Å²) in [5, 5.41) is 3.37. The molecular formula is C29H39F4N7O. The van der Waals surface area contributed by atoms with Gasteiger partial charge in [-0.05, 0) is 57.6 Å². The molecule has 3 aromatic rings. The molecule has 1 aliphatic heterocycles. The summed E-state index contributed by atoms with van der Waals surface area (Å²) in [4.78, 5) is 17.6. The maximum Gasteiger partial charge on any atom is 0.296 e. The van der Waals surface area contributed by atoms with Crippen LogP contribution in [0.3, 0.4) is 0 Å². The molecule has 5 rings (SSSR count). The number of hydrogen-bond acceptors (Lipinski definition) is 7. The fraction of sp³-hybridized carbons (Fsp3) is 0.621. The molecule has 41 heavy (non-hydrogen) atoms. The number of nitrogens with one attached hydrogen (secondary N) is 1. The molecule has 0 radical (unpaired) electrons. The molecule has 2 aromatic heterocycles. The van der Waals surface area contributed by atoms with Crippen molar-refractivity contribution in [2.45, 2.75) is 64.3 Å². The van der Waals surface area contributed by atoms with E-state index in [9.17, 15) is 17.6 Å². The quantitative estimate of drug-likeness (QED) is 0.299. The summed E-state index contributed by atoms with van der Waals surface area (Å²) in [6.45, 7) is 6.53. The number of hydrogen-bond donors (Lipinski definition) is 1. The number of fused-ring (bicyclic) bond motifs is 1. The average Bonchev–Trinajstić information content (AvgIpc) is 3.36. The van der Waals surface area contributed by atoms with Crippen LogP contribution in [0.4, 0.5) is 29.3 Å². The standard InChI is InChI=1S/C29H39F4N7O/c1-19(30)17-39(18-20(2)31)22-9-7-21(8-10-22)16-34-29-36-25(38-11-13-41-14-12-38)15-26(37-29)40-24-6-4-3-5-23(24)35-28(40)27(32)33/h3-6,15,19-22,27H,7-14,16-18H2,1-2H3,(H,34,36,37). The normalized spacial score (nSPS) is 21.5. The lowest BCUT2D eigenvalue weighted by Gasteiger charge is -2.37. The Balaban J connectivity index is 1.35. The van der Waals surface area contributed by atoms with E-state index in [1.807, 2.05) is 4.90 Å². The van der Waals surface area contributed by atoms with Crippen molar-refractivity contribution in [2.24, 2.45) is 5.92 Å². The zero-order valence-electron chi connectivity index (χ0n) is 23.7. The molecule has 1 saturated heterocycles. The second-order valence-electron chi connectivity index (χ2n) is 11.2. The minimum atomic E-state index is -2.78. The van der Waals surface area contributed by atoms with Crippen LogP contribution in [-0.4, -0.2) is 88.7 Å². The van der Waals surface area contributed by atoms with E-state index >= 15 is 0 Å². The number of anilines is 2. The zero-order valence-corrected chi connectivity index (χ0v) is 23.7. The first-order chi connectivity index (χ1) is 19.8. The van der Waals surface area contributed by atoms with Crippen LogP contribution in [0.15, 0.2) is 30.3 Å². The highest BCUT2D eigenvalue weighted by Gasteiger charge is 2.28. The molecule has 224 valence electrons. The Morgan fingerprint density at radius 2 is 1.59 bits per heavy atom. The molecule has 1 saturated carbocycles. The number of nitrogens with zero attached hydrogens (tertiary/aromatic N) is 6. The van der Waals surface area contributed by atoms with Gasteiger partial charge in [-0.2, -0.15) is 9.97 Å². The molecule has 8 nitrogen and oxygen atoms in total. The number of ether oxygens (including phenoxy) is 1. The Hall–Kier alpha value is -2.99. The molecule has 1 aromatic carbocycles. The lowest BCUT2D eigenvalue weighted by molar-refractivity contribution is 0.0866. The molecule has 1 aliphatic carbocycles. The summed E-state index contributed by atoms with van der Waals surface area (Å²) < 4.78 is 62.6. The van der Waals surface area contributed by atoms with Gasteiger partial charge in [0.1, 0.15) is 24.0 Å². The van der Waals surface area contributed by atoms with Crippen LogP contribution in [0, 0.1) is 5.92 Å². The number of benzene rings is 1. The maximum absolute atomic E-state index is 14.1. The first kappa shape index (κ1) is 29.5. The molecule has 12 heteroatoms. The van der Waals surface area contributed by atoms with E-state index in [4.69, 9.17) is 9.72 Å². The van der Waals surface area contributed by atoms with Crippen molar-refractivity contribution in [1.29, 1.82) is 0 Å². The van der Waals surface area contributed by atoms with Crippen molar-refractivity contribution >= 4 is 22.8 Å². The first-order valence-electron chi connectivity index (χ1n) is 14.5. The number of morpholine rings is 1. The van der Waals surface area contributed by atoms with E-state index in [0.29, 0.717) is 67.4 Å². The van der Waals surface area contributed by atoms with E-state index in [-0.39, 0.29) is 25.0 Å². The molecule has 0 bridgehead atoms. The van der Waals surface area contributed by atoms with E-state index in [2.05, 4.69) is 20.2 Å². The van der Waals surface area contributed by atoms with Crippen molar-refractivity contribution in [3.05, 3.63) is 36.2 Å². The Bertz CT molecular complexity index is 1260. The summed E-state index contributed by atoms with van der Waals surface area (Å²) in [5.74, 6) is 1.30. The lowest BCUT2D eigenvalue weighted by Crippen LogP contribution is -2.44. The van der Waals surface area contributed by atoms with Crippen LogP contribution >= 0.6 is 0 Å². The lowest BCUT2D eigenvalue weighted by atomic mass is 9.85. The number of rotatable bonds is 11. The SMILES string of the molecule is CC(F)CN(CC(C)F)C1CCC(CNc2nc(N3CCOCC3)cc(-n3c(C(F)F)nc4ccccc43)n2)CC1. The van der Waals surface area contributed by atoms with Crippen LogP contribution in [-0.2, 0) is 4.74 Å². The third-order valence-electron chi connectivity index (χ3n) is 7.90. The molecule has 0 amide bonds.